The molecule has 20 heterocycles. The third-order valence-corrected chi connectivity index (χ3v) is 28.1. The molecule has 4 aliphatic rings. The Morgan fingerprint density at radius 3 is 0.733 bits per heavy atom. The average Bonchev–Trinajstić information content (AvgIpc) is 1.62. The lowest BCUT2D eigenvalue weighted by Gasteiger charge is -2.24. The molecule has 40 heteroatoms. The van der Waals surface area contributed by atoms with Crippen LogP contribution in [0.3, 0.4) is 0 Å². The van der Waals surface area contributed by atoms with E-state index in [1.165, 1.54) is 6.42 Å². The highest BCUT2D eigenvalue weighted by atomic mass is 16.2. The number of carbonyl (C=O) groups is 4. The molecule has 0 radical (unpaired) electrons. The summed E-state index contributed by atoms with van der Waals surface area (Å²) >= 11 is 0. The van der Waals surface area contributed by atoms with E-state index < -0.39 is 0 Å². The fourth-order valence-electron chi connectivity index (χ4n) is 19.8. The van der Waals surface area contributed by atoms with Crippen molar-refractivity contribution in [2.75, 3.05) is 21.3 Å². The number of pyridine rings is 8. The Morgan fingerprint density at radius 1 is 0.260 bits per heavy atom. The first-order valence-electron chi connectivity index (χ1n) is 49.9. The van der Waals surface area contributed by atoms with Crippen molar-refractivity contribution in [1.29, 1.82) is 0 Å². The summed E-state index contributed by atoms with van der Waals surface area (Å²) in [6, 6.07) is 32.1. The van der Waals surface area contributed by atoms with Crippen LogP contribution >= 0.6 is 0 Å². The van der Waals surface area contributed by atoms with Crippen LogP contribution in [0.15, 0.2) is 246 Å². The maximum atomic E-state index is 12.8. The van der Waals surface area contributed by atoms with Gasteiger partial charge in [-0.25, -0.2) is 39.9 Å². The fourth-order valence-corrected chi connectivity index (χ4v) is 19.8. The summed E-state index contributed by atoms with van der Waals surface area (Å²) in [5.74, 6) is 3.31. The Hall–Kier alpha value is -19.4. The number of aryl methyl sites for hydroxylation is 4. The zero-order valence-corrected chi connectivity index (χ0v) is 81.7. The number of carbonyl (C=O) groups excluding carboxylic acids is 4. The minimum atomic E-state index is 0.0612. The lowest BCUT2D eigenvalue weighted by Crippen LogP contribution is -2.28. The predicted molar refractivity (Wildman–Crippen MR) is 569 cm³/mol. The van der Waals surface area contributed by atoms with E-state index in [9.17, 15) is 19.2 Å². The van der Waals surface area contributed by atoms with Gasteiger partial charge in [0.05, 0.1) is 212 Å². The number of nitrogens with zero attached hydrogens (tertiary/aromatic N) is 24. The number of amides is 4. The van der Waals surface area contributed by atoms with Gasteiger partial charge in [-0.1, -0.05) is 62.8 Å². The molecule has 0 unspecified atom stereocenters. The average molecular weight is 1990 g/mol. The van der Waals surface area contributed by atoms with Gasteiger partial charge < -0.3 is 59.5 Å². The topological polar surface area (TPSA) is 520 Å². The molecule has 4 fully saturated rings. The number of hydrogen-bond acceptors (Lipinski definition) is 24. The smallest absolute Gasteiger partial charge is 0.227 e. The minimum Gasteiger partial charge on any atom is -0.335 e. The molecule has 12 N–H and O–H groups in total. The van der Waals surface area contributed by atoms with E-state index in [1.54, 1.807) is 118 Å². The number of aromatic nitrogens is 32. The quantitative estimate of drug-likeness (QED) is 0.0337. The number of benzene rings is 4. The molecule has 740 valence electrons. The number of aromatic amines is 8. The molecule has 40 nitrogen and oxygen atoms in total. The summed E-state index contributed by atoms with van der Waals surface area (Å²) in [5.41, 5.74) is 30.2. The normalized spacial score (nSPS) is 13.9. The van der Waals surface area contributed by atoms with Crippen molar-refractivity contribution in [2.24, 2.45) is 23.7 Å². The minimum absolute atomic E-state index is 0.0612. The molecule has 4 saturated carbocycles. The van der Waals surface area contributed by atoms with Gasteiger partial charge in [-0.05, 0) is 174 Å². The van der Waals surface area contributed by atoms with Crippen molar-refractivity contribution in [3.8, 4) is 113 Å². The number of H-pyrrole nitrogens is 8. The van der Waals surface area contributed by atoms with Crippen molar-refractivity contribution in [3.63, 3.8) is 0 Å². The van der Waals surface area contributed by atoms with Gasteiger partial charge in [0.15, 0.2) is 23.3 Å². The van der Waals surface area contributed by atoms with Crippen LogP contribution in [0.25, 0.3) is 201 Å². The van der Waals surface area contributed by atoms with Crippen LogP contribution < -0.4 is 21.3 Å². The highest BCUT2D eigenvalue weighted by Crippen LogP contribution is 2.41. The number of nitrogens with one attached hydrogen (secondary N) is 12. The molecule has 150 heavy (non-hydrogen) atoms. The second kappa shape index (κ2) is 38.9. The summed E-state index contributed by atoms with van der Waals surface area (Å²) < 4.78 is 7.67. The molecule has 0 atom stereocenters. The summed E-state index contributed by atoms with van der Waals surface area (Å²) in [6.45, 7) is 7.78. The van der Waals surface area contributed by atoms with Gasteiger partial charge in [0.1, 0.15) is 44.8 Å². The number of imidazole rings is 8. The molecule has 0 saturated heterocycles. The van der Waals surface area contributed by atoms with Crippen molar-refractivity contribution in [2.45, 2.75) is 118 Å². The van der Waals surface area contributed by atoms with Crippen molar-refractivity contribution in [1.82, 2.24) is 159 Å². The molecular weight excluding hydrogens is 1890 g/mol. The Bertz CT molecular complexity index is 9310. The Labute approximate surface area is 852 Å². The maximum Gasteiger partial charge on any atom is 0.227 e. The third kappa shape index (κ3) is 18.5. The van der Waals surface area contributed by atoms with Crippen LogP contribution in [0.5, 0.6) is 0 Å². The Kier molecular flexibility index (Phi) is 23.8. The summed E-state index contributed by atoms with van der Waals surface area (Å²) in [5, 5.41) is 46.5. The zero-order chi connectivity index (χ0) is 101. The van der Waals surface area contributed by atoms with E-state index in [0.29, 0.717) is 68.8 Å². The van der Waals surface area contributed by atoms with E-state index in [4.69, 9.17) is 19.9 Å². The molecule has 28 rings (SSSR count). The van der Waals surface area contributed by atoms with Crippen LogP contribution in [-0.4, -0.2) is 182 Å². The molecule has 20 aromatic heterocycles. The summed E-state index contributed by atoms with van der Waals surface area (Å²) in [6.07, 6.45) is 57.4. The summed E-state index contributed by atoms with van der Waals surface area (Å²) in [7, 11) is 0. The van der Waals surface area contributed by atoms with E-state index in [2.05, 4.69) is 166 Å². The van der Waals surface area contributed by atoms with Gasteiger partial charge in [-0.15, -0.1) is 0 Å². The van der Waals surface area contributed by atoms with Gasteiger partial charge in [-0.3, -0.25) is 79.4 Å². The van der Waals surface area contributed by atoms with Crippen molar-refractivity contribution >= 4 is 134 Å². The van der Waals surface area contributed by atoms with Crippen LogP contribution in [-0.2, 0) is 19.2 Å². The van der Waals surface area contributed by atoms with Crippen LogP contribution in [0.4, 0.5) is 22.7 Å². The van der Waals surface area contributed by atoms with Crippen molar-refractivity contribution in [3.05, 3.63) is 269 Å². The highest BCUT2D eigenvalue weighted by molar-refractivity contribution is 6.04. The molecule has 24 aromatic rings. The number of fused-ring (bicyclic) bond motifs is 8. The lowest BCUT2D eigenvalue weighted by atomic mass is 9.85. The third-order valence-electron chi connectivity index (χ3n) is 28.1. The standard InChI is InChI=1S/C29H27N9O.C28H25N9O.C27H23N9O.C26H21N9O/c1-17-15-38(16-32-17)25-14-31-13-24-27(25)35-28(34-24)26-22-10-19(7-8-23(22)36-37-26)20-9-21(12-30-11-20)33-29(39)18-5-3-2-4-6-18;1-16-14-37(15-31-16)24-13-30-12-23-26(24)34-27(33-23)25-21-9-18(6-7-22(21)35-36-25)19-8-20(11-29-10-19)32-28(38)17-4-2-3-5-17;1-15-13-36(14-30-15)23-12-29-11-22-25(23)33-26(32-22)24-20-8-17(5-6-21(20)34-35-24)18-7-19(10-28-9-18)31-27(37)16-3-2-4-16;1-14-12-35(13-29-14)22-11-28-10-21-24(22)32-25(31-21)23-19-7-16(4-5-20(19)33-34-23)17-6-18(9-27-8-17)30-26(36)15-2-3-15/h7-16,18H,2-6H2,1H3,(H,33,39)(H,34,35)(H,36,37);6-15,17H,2-5H2,1H3,(H,32,38)(H,33,34)(H,35,36);5-14,16H,2-4H2,1H3,(H,31,37)(H,32,33)(H,34,35);4-13,15H,2-3H2,1H3,(H,30,36)(H,31,32)(H,33,34). The van der Waals surface area contributed by atoms with E-state index in [1.807, 2.05) is 150 Å². The number of anilines is 4. The molecule has 4 aromatic carbocycles. The van der Waals surface area contributed by atoms with Gasteiger partial charge in [0.2, 0.25) is 23.6 Å². The maximum absolute atomic E-state index is 12.8. The Balaban J connectivity index is 0.000000104. The second-order valence-electron chi connectivity index (χ2n) is 38.6. The lowest BCUT2D eigenvalue weighted by molar-refractivity contribution is -0.122. The van der Waals surface area contributed by atoms with Gasteiger partial charge in [0.25, 0.3) is 0 Å². The molecular formula is C110H96N36O4. The number of hydrogen-bond donors (Lipinski definition) is 12. The van der Waals surface area contributed by atoms with Crippen LogP contribution in [0, 0.1) is 51.4 Å². The molecule has 4 amide bonds. The first kappa shape index (κ1) is 91.7. The molecule has 0 aliphatic heterocycles. The van der Waals surface area contributed by atoms with E-state index in [-0.39, 0.29) is 47.3 Å². The highest BCUT2D eigenvalue weighted by Gasteiger charge is 2.32. The monoisotopic (exact) mass is 1980 g/mol. The van der Waals surface area contributed by atoms with Crippen molar-refractivity contribution < 1.29 is 19.2 Å². The second-order valence-corrected chi connectivity index (χ2v) is 38.6. The van der Waals surface area contributed by atoms with Crippen LogP contribution in [0.1, 0.15) is 113 Å². The number of rotatable bonds is 20. The zero-order valence-electron chi connectivity index (χ0n) is 81.7. The van der Waals surface area contributed by atoms with Gasteiger partial charge in [0, 0.05) is 117 Å². The SMILES string of the molecule is Cc1cn(-c2cncc3[nH]c(-c4n[nH]c5ccc(-c6cncc(NC(=O)C7CC7)c6)cc45)nc23)cn1.Cc1cn(-c2cncc3[nH]c(-c4n[nH]c5ccc(-c6cncc(NC(=O)C7CCC7)c6)cc45)nc23)cn1.Cc1cn(-c2cncc3[nH]c(-c4n[nH]c5ccc(-c6cncc(NC(=O)C7CCCC7)c6)cc45)nc23)cn1.Cc1cn(-c2cncc3[nH]c(-c4n[nH]c5ccc(-c6cncc(NC(=O)C7CCCCC7)c6)cc45)nc23)cn1. The van der Waals surface area contributed by atoms with E-state index >= 15 is 0 Å². The fraction of sp³-hybridized carbons (Fsp3) is 0.200. The molecule has 0 spiro atoms. The van der Waals surface area contributed by atoms with Gasteiger partial charge in [-0.2, -0.15) is 20.4 Å². The largest absolute Gasteiger partial charge is 0.335 e. The first-order chi connectivity index (χ1) is 73.5. The molecule has 0 bridgehead atoms. The van der Waals surface area contributed by atoms with Crippen LogP contribution in [0.2, 0.25) is 0 Å². The van der Waals surface area contributed by atoms with Gasteiger partial charge >= 0.3 is 0 Å². The molecule has 4 aliphatic carbocycles. The summed E-state index contributed by atoms with van der Waals surface area (Å²) in [4.78, 5) is 135. The predicted octanol–water partition coefficient (Wildman–Crippen LogP) is 20.0. The first-order valence-corrected chi connectivity index (χ1v) is 49.9. The Morgan fingerprint density at radius 2 is 0.500 bits per heavy atom. The van der Waals surface area contributed by atoms with E-state index in [0.717, 1.165) is 261 Å².